The van der Waals surface area contributed by atoms with Crippen molar-refractivity contribution in [1.29, 1.82) is 0 Å². The smallest absolute Gasteiger partial charge is 0.310 e. The van der Waals surface area contributed by atoms with E-state index in [1.165, 1.54) is 12.1 Å². The number of carbonyl (C=O) groups is 1. The molecule has 2 aromatic carbocycles. The van der Waals surface area contributed by atoms with Crippen molar-refractivity contribution in [1.82, 2.24) is 4.98 Å². The van der Waals surface area contributed by atoms with Crippen LogP contribution in [0.2, 0.25) is 0 Å². The fourth-order valence-electron chi connectivity index (χ4n) is 2.25. The van der Waals surface area contributed by atoms with Gasteiger partial charge in [0.15, 0.2) is 12.4 Å². The van der Waals surface area contributed by atoms with Crippen LogP contribution in [0.4, 0.5) is 5.69 Å². The van der Waals surface area contributed by atoms with Gasteiger partial charge in [-0.15, -0.1) is 0 Å². The van der Waals surface area contributed by atoms with Crippen molar-refractivity contribution in [3.63, 3.8) is 0 Å². The first-order chi connectivity index (χ1) is 10.7. The fourth-order valence-corrected chi connectivity index (χ4v) is 2.25. The van der Waals surface area contributed by atoms with Crippen LogP contribution in [0, 0.1) is 10.1 Å². The lowest BCUT2D eigenvalue weighted by atomic mass is 10.1. The summed E-state index contributed by atoms with van der Waals surface area (Å²) >= 11 is 0. The minimum atomic E-state index is -0.536. The number of ether oxygens (including phenoxy) is 1. The molecule has 0 saturated heterocycles. The summed E-state index contributed by atoms with van der Waals surface area (Å²) < 4.78 is 5.33. The number of H-pyrrole nitrogens is 1. The van der Waals surface area contributed by atoms with Crippen LogP contribution >= 0.6 is 0 Å². The Morgan fingerprint density at radius 3 is 2.68 bits per heavy atom. The maximum absolute atomic E-state index is 12.3. The number of hydrogen-bond acceptors (Lipinski definition) is 4. The number of Topliss-reactive ketones (excluding diaryl/α,β-unsaturated/α-hetero) is 1. The molecule has 1 heterocycles. The molecule has 6 nitrogen and oxygen atoms in total. The Balaban J connectivity index is 1.80. The van der Waals surface area contributed by atoms with Crippen molar-refractivity contribution < 1.29 is 14.5 Å². The van der Waals surface area contributed by atoms with E-state index in [0.29, 0.717) is 5.56 Å². The largest absolute Gasteiger partial charge is 0.478 e. The maximum Gasteiger partial charge on any atom is 0.310 e. The van der Waals surface area contributed by atoms with E-state index in [1.54, 1.807) is 18.3 Å². The summed E-state index contributed by atoms with van der Waals surface area (Å²) in [5, 5.41) is 11.7. The van der Waals surface area contributed by atoms with Crippen molar-refractivity contribution in [2.75, 3.05) is 6.61 Å². The van der Waals surface area contributed by atoms with E-state index in [0.717, 1.165) is 10.9 Å². The lowest BCUT2D eigenvalue weighted by Crippen LogP contribution is -2.11. The van der Waals surface area contributed by atoms with Crippen molar-refractivity contribution in [2.45, 2.75) is 0 Å². The second-order valence-corrected chi connectivity index (χ2v) is 4.68. The van der Waals surface area contributed by atoms with Crippen molar-refractivity contribution in [3.05, 3.63) is 70.4 Å². The van der Waals surface area contributed by atoms with E-state index in [-0.39, 0.29) is 23.8 Å². The third-order valence-corrected chi connectivity index (χ3v) is 3.31. The topological polar surface area (TPSA) is 85.2 Å². The normalized spacial score (nSPS) is 10.5. The fraction of sp³-hybridized carbons (Fsp3) is 0.0625. The Hall–Kier alpha value is -3.15. The molecule has 0 atom stereocenters. The molecular weight excluding hydrogens is 284 g/mol. The van der Waals surface area contributed by atoms with E-state index in [1.807, 2.05) is 24.3 Å². The van der Waals surface area contributed by atoms with Crippen LogP contribution < -0.4 is 4.74 Å². The molecule has 1 N–H and O–H groups in total. The number of aromatic nitrogens is 1. The van der Waals surface area contributed by atoms with Crippen LogP contribution in [0.3, 0.4) is 0 Å². The molecule has 0 bridgehead atoms. The van der Waals surface area contributed by atoms with Crippen LogP contribution in [0.1, 0.15) is 10.4 Å². The predicted molar refractivity (Wildman–Crippen MR) is 81.2 cm³/mol. The monoisotopic (exact) mass is 296 g/mol. The molecule has 22 heavy (non-hydrogen) atoms. The van der Waals surface area contributed by atoms with Crippen molar-refractivity contribution >= 4 is 22.4 Å². The summed E-state index contributed by atoms with van der Waals surface area (Å²) in [7, 11) is 0. The molecule has 0 unspecified atom stereocenters. The Labute approximate surface area is 125 Å². The van der Waals surface area contributed by atoms with Gasteiger partial charge >= 0.3 is 5.69 Å². The number of rotatable bonds is 5. The molecule has 3 rings (SSSR count). The molecule has 0 amide bonds. The third kappa shape index (κ3) is 2.54. The second kappa shape index (κ2) is 5.69. The van der Waals surface area contributed by atoms with Gasteiger partial charge in [-0.1, -0.05) is 30.3 Å². The van der Waals surface area contributed by atoms with Gasteiger partial charge in [-0.25, -0.2) is 0 Å². The summed E-state index contributed by atoms with van der Waals surface area (Å²) in [6.45, 7) is -0.257. The number of nitro groups is 1. The van der Waals surface area contributed by atoms with E-state index >= 15 is 0 Å². The minimum Gasteiger partial charge on any atom is -0.478 e. The summed E-state index contributed by atoms with van der Waals surface area (Å²) in [6.07, 6.45) is 1.62. The number of hydrogen-bond donors (Lipinski definition) is 1. The zero-order valence-corrected chi connectivity index (χ0v) is 11.5. The Kier molecular flexibility index (Phi) is 3.57. The van der Waals surface area contributed by atoms with Gasteiger partial charge in [0.25, 0.3) is 0 Å². The van der Waals surface area contributed by atoms with Crippen LogP contribution in [-0.4, -0.2) is 22.3 Å². The van der Waals surface area contributed by atoms with Gasteiger partial charge in [-0.05, 0) is 12.1 Å². The van der Waals surface area contributed by atoms with E-state index in [4.69, 9.17) is 4.74 Å². The van der Waals surface area contributed by atoms with Crippen LogP contribution in [0.25, 0.3) is 10.9 Å². The standard InChI is InChI=1S/C16H12N2O4/c19-15(12-9-17-13-6-2-1-5-11(12)13)10-22-16-8-4-3-7-14(16)18(20)21/h1-9,17H,10H2. The Morgan fingerprint density at radius 2 is 1.86 bits per heavy atom. The van der Waals surface area contributed by atoms with E-state index in [9.17, 15) is 14.9 Å². The van der Waals surface area contributed by atoms with Crippen LogP contribution in [0.15, 0.2) is 54.7 Å². The summed E-state index contributed by atoms with van der Waals surface area (Å²) in [4.78, 5) is 25.6. The van der Waals surface area contributed by atoms with Crippen LogP contribution in [-0.2, 0) is 0 Å². The van der Waals surface area contributed by atoms with Crippen LogP contribution in [0.5, 0.6) is 5.75 Å². The molecule has 3 aromatic rings. The molecule has 1 aromatic heterocycles. The number of nitro benzene ring substituents is 1. The number of carbonyl (C=O) groups excluding carboxylic acids is 1. The second-order valence-electron chi connectivity index (χ2n) is 4.68. The zero-order chi connectivity index (χ0) is 15.5. The van der Waals surface area contributed by atoms with Gasteiger partial charge in [0.1, 0.15) is 0 Å². The third-order valence-electron chi connectivity index (χ3n) is 3.31. The molecule has 0 radical (unpaired) electrons. The average molecular weight is 296 g/mol. The Bertz CT molecular complexity index is 854. The minimum absolute atomic E-state index is 0.0840. The lowest BCUT2D eigenvalue weighted by Gasteiger charge is -2.05. The molecule has 110 valence electrons. The number of fused-ring (bicyclic) bond motifs is 1. The SMILES string of the molecule is O=C(COc1ccccc1[N+](=O)[O-])c1c[nH]c2ccccc12. The first-order valence-electron chi connectivity index (χ1n) is 6.62. The summed E-state index contributed by atoms with van der Waals surface area (Å²) in [6, 6.07) is 13.4. The lowest BCUT2D eigenvalue weighted by molar-refractivity contribution is -0.385. The van der Waals surface area contributed by atoms with Gasteiger partial charge in [0, 0.05) is 28.7 Å². The maximum atomic E-state index is 12.3. The number of benzene rings is 2. The molecule has 0 spiro atoms. The predicted octanol–water partition coefficient (Wildman–Crippen LogP) is 3.34. The molecule has 0 aliphatic heterocycles. The van der Waals surface area contributed by atoms with Gasteiger partial charge in [0.2, 0.25) is 5.78 Å². The van der Waals surface area contributed by atoms with Gasteiger partial charge in [0.05, 0.1) is 4.92 Å². The van der Waals surface area contributed by atoms with Gasteiger partial charge < -0.3 is 9.72 Å². The molecule has 0 aliphatic carbocycles. The zero-order valence-electron chi connectivity index (χ0n) is 11.5. The molecule has 0 saturated carbocycles. The molecule has 0 aliphatic rings. The van der Waals surface area contributed by atoms with Gasteiger partial charge in [-0.2, -0.15) is 0 Å². The molecule has 0 fully saturated rings. The quantitative estimate of drug-likeness (QED) is 0.444. The first kappa shape index (κ1) is 13.8. The summed E-state index contributed by atoms with van der Waals surface area (Å²) in [5.74, 6) is -0.156. The first-order valence-corrected chi connectivity index (χ1v) is 6.62. The van der Waals surface area contributed by atoms with Crippen molar-refractivity contribution in [2.24, 2.45) is 0 Å². The highest BCUT2D eigenvalue weighted by Crippen LogP contribution is 2.26. The highest BCUT2D eigenvalue weighted by molar-refractivity contribution is 6.08. The van der Waals surface area contributed by atoms with E-state index in [2.05, 4.69) is 4.98 Å². The summed E-state index contributed by atoms with van der Waals surface area (Å²) in [5.41, 5.74) is 1.21. The van der Waals surface area contributed by atoms with Gasteiger partial charge in [-0.3, -0.25) is 14.9 Å². The number of ketones is 1. The Morgan fingerprint density at radius 1 is 1.14 bits per heavy atom. The number of para-hydroxylation sites is 3. The van der Waals surface area contributed by atoms with E-state index < -0.39 is 4.92 Å². The van der Waals surface area contributed by atoms with Crippen molar-refractivity contribution in [3.8, 4) is 5.75 Å². The highest BCUT2D eigenvalue weighted by atomic mass is 16.6. The number of nitrogens with zero attached hydrogens (tertiary/aromatic N) is 1. The molecule has 6 heteroatoms. The molecular formula is C16H12N2O4. The average Bonchev–Trinajstić information content (AvgIpc) is 2.97. The number of nitrogens with one attached hydrogen (secondary N) is 1. The highest BCUT2D eigenvalue weighted by Gasteiger charge is 2.17. The number of aromatic amines is 1.